The minimum Gasteiger partial charge on any atom is -0.354 e. The van der Waals surface area contributed by atoms with E-state index in [0.29, 0.717) is 0 Å². The quantitative estimate of drug-likeness (QED) is 0.680. The van der Waals surface area contributed by atoms with Gasteiger partial charge in [-0.2, -0.15) is 0 Å². The van der Waals surface area contributed by atoms with Gasteiger partial charge < -0.3 is 15.2 Å². The summed E-state index contributed by atoms with van der Waals surface area (Å²) in [5, 5.41) is 6.36. The first-order valence-corrected chi connectivity index (χ1v) is 12.0. The molecule has 2 amide bonds. The predicted molar refractivity (Wildman–Crippen MR) is 119 cm³/mol. The predicted octanol–water partition coefficient (Wildman–Crippen LogP) is 3.82. The highest BCUT2D eigenvalue weighted by Crippen LogP contribution is 2.60. The number of amides is 2. The van der Waals surface area contributed by atoms with E-state index in [-0.39, 0.29) is 29.2 Å². The van der Waals surface area contributed by atoms with Crippen LogP contribution in [0.25, 0.3) is 0 Å². The molecule has 5 heteroatoms. The van der Waals surface area contributed by atoms with Crippen molar-refractivity contribution in [2.75, 3.05) is 0 Å². The number of nitrogens with one attached hydrogen (secondary N) is 2. The Balaban J connectivity index is 1.34. The molecule has 0 aliphatic heterocycles. The Morgan fingerprint density at radius 2 is 1.67 bits per heavy atom. The first kappa shape index (κ1) is 21.5. The number of rotatable bonds is 8. The lowest BCUT2D eigenvalue weighted by atomic mass is 9.49. The molecular weight excluding hydrogens is 374 g/mol. The van der Waals surface area contributed by atoms with E-state index >= 15 is 0 Å². The summed E-state index contributed by atoms with van der Waals surface area (Å²) < 4.78 is 2.12. The third kappa shape index (κ3) is 4.31. The molecule has 4 fully saturated rings. The molecule has 1 heterocycles. The summed E-state index contributed by atoms with van der Waals surface area (Å²) in [7, 11) is 2.05. The van der Waals surface area contributed by atoms with Crippen molar-refractivity contribution in [3.05, 3.63) is 24.0 Å². The summed E-state index contributed by atoms with van der Waals surface area (Å²) in [6, 6.07) is 3.79. The van der Waals surface area contributed by atoms with E-state index in [4.69, 9.17) is 0 Å². The number of carbonyl (C=O) groups excluding carboxylic acids is 2. The fourth-order valence-corrected chi connectivity index (χ4v) is 6.74. The molecule has 1 aromatic rings. The second-order valence-corrected chi connectivity index (χ2v) is 11.0. The Kier molecular flexibility index (Phi) is 6.00. The minimum absolute atomic E-state index is 0.0394. The van der Waals surface area contributed by atoms with Crippen molar-refractivity contribution < 1.29 is 9.59 Å². The third-order valence-corrected chi connectivity index (χ3v) is 8.03. The van der Waals surface area contributed by atoms with Crippen molar-refractivity contribution in [1.82, 2.24) is 15.2 Å². The Morgan fingerprint density at radius 1 is 1.07 bits per heavy atom. The van der Waals surface area contributed by atoms with E-state index in [1.807, 2.05) is 33.2 Å². The maximum atomic E-state index is 13.4. The van der Waals surface area contributed by atoms with Crippen LogP contribution in [0.15, 0.2) is 18.3 Å². The Hall–Kier alpha value is -1.78. The maximum Gasteiger partial charge on any atom is 0.243 e. The van der Waals surface area contributed by atoms with Crippen LogP contribution in [0.1, 0.15) is 71.4 Å². The molecule has 4 bridgehead atoms. The third-order valence-electron chi connectivity index (χ3n) is 8.03. The van der Waals surface area contributed by atoms with Crippen molar-refractivity contribution in [1.29, 1.82) is 0 Å². The zero-order valence-corrected chi connectivity index (χ0v) is 19.1. The van der Waals surface area contributed by atoms with Crippen LogP contribution in [0.5, 0.6) is 0 Å². The summed E-state index contributed by atoms with van der Waals surface area (Å²) in [6.07, 6.45) is 10.9. The SMILES string of the molecule is CC(C)[C@H](NC(=O)C12CC3CC(CC(C3)C1)C2)C(=O)N[C@@H](C)CCc1cccn1C. The number of nitrogens with zero attached hydrogens (tertiary/aromatic N) is 1. The van der Waals surface area contributed by atoms with Crippen molar-refractivity contribution in [3.8, 4) is 0 Å². The van der Waals surface area contributed by atoms with E-state index in [1.165, 1.54) is 25.0 Å². The largest absolute Gasteiger partial charge is 0.354 e. The molecule has 2 N–H and O–H groups in total. The van der Waals surface area contributed by atoms with Gasteiger partial charge in [-0.15, -0.1) is 0 Å². The smallest absolute Gasteiger partial charge is 0.243 e. The molecule has 0 spiro atoms. The summed E-state index contributed by atoms with van der Waals surface area (Å²) >= 11 is 0. The number of hydrogen-bond donors (Lipinski definition) is 2. The standard InChI is InChI=1S/C25H39N3O2/c1-16(2)22(23(29)26-17(3)7-8-21-6-5-9-28(21)4)27-24(30)25-13-18-10-19(14-25)12-20(11-18)15-25/h5-6,9,16-20,22H,7-8,10-15H2,1-4H3,(H,26,29)(H,27,30)/t17-,18?,19?,20?,22-,25?/m0/s1. The Bertz CT molecular complexity index is 746. The van der Waals surface area contributed by atoms with Gasteiger partial charge in [0.2, 0.25) is 11.8 Å². The molecule has 0 radical (unpaired) electrons. The van der Waals surface area contributed by atoms with Gasteiger partial charge in [-0.1, -0.05) is 13.8 Å². The van der Waals surface area contributed by atoms with E-state index in [0.717, 1.165) is 49.9 Å². The van der Waals surface area contributed by atoms with Gasteiger partial charge in [-0.05, 0) is 94.1 Å². The Morgan fingerprint density at radius 3 is 2.17 bits per heavy atom. The second-order valence-electron chi connectivity index (χ2n) is 11.0. The molecule has 4 aliphatic rings. The van der Waals surface area contributed by atoms with Crippen molar-refractivity contribution in [2.24, 2.45) is 36.1 Å². The average molecular weight is 414 g/mol. The molecule has 0 aromatic carbocycles. The molecule has 0 saturated heterocycles. The van der Waals surface area contributed by atoms with Crippen molar-refractivity contribution in [2.45, 2.75) is 84.2 Å². The highest BCUT2D eigenvalue weighted by molar-refractivity contribution is 5.90. The van der Waals surface area contributed by atoms with Crippen molar-refractivity contribution >= 4 is 11.8 Å². The molecule has 2 atom stereocenters. The lowest BCUT2D eigenvalue weighted by Crippen LogP contribution is -2.59. The van der Waals surface area contributed by atoms with Crippen LogP contribution in [-0.2, 0) is 23.1 Å². The first-order chi connectivity index (χ1) is 14.3. The van der Waals surface area contributed by atoms with E-state index in [2.05, 4.69) is 28.2 Å². The van der Waals surface area contributed by atoms with E-state index in [1.54, 1.807) is 0 Å². The van der Waals surface area contributed by atoms with Gasteiger partial charge in [-0.3, -0.25) is 9.59 Å². The van der Waals surface area contributed by atoms with Gasteiger partial charge in [0.1, 0.15) is 6.04 Å². The first-order valence-electron chi connectivity index (χ1n) is 12.0. The molecule has 4 saturated carbocycles. The van der Waals surface area contributed by atoms with E-state index in [9.17, 15) is 9.59 Å². The minimum atomic E-state index is -0.456. The summed E-state index contributed by atoms with van der Waals surface area (Å²) in [4.78, 5) is 26.5. The Labute approximate surface area is 181 Å². The number of carbonyl (C=O) groups is 2. The monoisotopic (exact) mass is 413 g/mol. The van der Waals surface area contributed by atoms with Crippen LogP contribution in [0.2, 0.25) is 0 Å². The van der Waals surface area contributed by atoms with Crippen LogP contribution in [-0.4, -0.2) is 28.5 Å². The zero-order chi connectivity index (χ0) is 21.5. The highest BCUT2D eigenvalue weighted by atomic mass is 16.2. The van der Waals surface area contributed by atoms with Gasteiger partial charge in [-0.25, -0.2) is 0 Å². The van der Waals surface area contributed by atoms with Gasteiger partial charge in [0.25, 0.3) is 0 Å². The lowest BCUT2D eigenvalue weighted by Gasteiger charge is -2.55. The normalized spacial score (nSPS) is 31.6. The fourth-order valence-electron chi connectivity index (χ4n) is 6.74. The fraction of sp³-hybridized carbons (Fsp3) is 0.760. The topological polar surface area (TPSA) is 63.1 Å². The maximum absolute atomic E-state index is 13.4. The van der Waals surface area contributed by atoms with Crippen LogP contribution in [0.4, 0.5) is 0 Å². The van der Waals surface area contributed by atoms with Crippen LogP contribution < -0.4 is 10.6 Å². The van der Waals surface area contributed by atoms with Crippen LogP contribution >= 0.6 is 0 Å². The number of hydrogen-bond acceptors (Lipinski definition) is 2. The number of aryl methyl sites for hydroxylation is 2. The molecule has 4 aliphatic carbocycles. The molecule has 30 heavy (non-hydrogen) atoms. The van der Waals surface area contributed by atoms with Gasteiger partial charge >= 0.3 is 0 Å². The number of aromatic nitrogens is 1. The summed E-state index contributed by atoms with van der Waals surface area (Å²) in [6.45, 7) is 6.11. The molecule has 1 aromatic heterocycles. The van der Waals surface area contributed by atoms with Crippen LogP contribution in [0, 0.1) is 29.1 Å². The molecular formula is C25H39N3O2. The van der Waals surface area contributed by atoms with Crippen LogP contribution in [0.3, 0.4) is 0 Å². The molecule has 166 valence electrons. The lowest BCUT2D eigenvalue weighted by molar-refractivity contribution is -0.149. The zero-order valence-electron chi connectivity index (χ0n) is 19.1. The summed E-state index contributed by atoms with van der Waals surface area (Å²) in [5.74, 6) is 2.36. The summed E-state index contributed by atoms with van der Waals surface area (Å²) in [5.41, 5.74) is 1.06. The van der Waals surface area contributed by atoms with E-state index < -0.39 is 6.04 Å². The van der Waals surface area contributed by atoms with Gasteiger partial charge in [0.05, 0.1) is 0 Å². The molecule has 5 nitrogen and oxygen atoms in total. The molecule has 5 rings (SSSR count). The highest BCUT2D eigenvalue weighted by Gasteiger charge is 2.55. The second kappa shape index (κ2) is 8.39. The molecule has 0 unspecified atom stereocenters. The van der Waals surface area contributed by atoms with Gasteiger partial charge in [0.15, 0.2) is 0 Å². The van der Waals surface area contributed by atoms with Gasteiger partial charge in [0, 0.05) is 30.4 Å². The van der Waals surface area contributed by atoms with Crippen molar-refractivity contribution in [3.63, 3.8) is 0 Å². The average Bonchev–Trinajstić information content (AvgIpc) is 3.07.